The van der Waals surface area contributed by atoms with Crippen LogP contribution in [0.2, 0.25) is 0 Å². The van der Waals surface area contributed by atoms with Gasteiger partial charge in [-0.05, 0) is 49.9 Å². The van der Waals surface area contributed by atoms with E-state index in [2.05, 4.69) is 68.4 Å². The number of benzene rings is 1. The van der Waals surface area contributed by atoms with E-state index in [9.17, 15) is 0 Å². The summed E-state index contributed by atoms with van der Waals surface area (Å²) in [5.74, 6) is 0. The first-order valence-electron chi connectivity index (χ1n) is 7.09. The predicted octanol–water partition coefficient (Wildman–Crippen LogP) is 5.75. The zero-order chi connectivity index (χ0) is 13.7. The topological polar surface area (TPSA) is 12.0 Å². The summed E-state index contributed by atoms with van der Waals surface area (Å²) in [6, 6.07) is 6.83. The second kappa shape index (κ2) is 7.61. The first kappa shape index (κ1) is 15.3. The van der Waals surface area contributed by atoms with Crippen LogP contribution in [0.15, 0.2) is 38.8 Å². The Bertz CT molecular complexity index is 454. The molecule has 0 aliphatic heterocycles. The highest BCUT2D eigenvalue weighted by molar-refractivity contribution is 9.11. The molecule has 1 atom stereocenters. The molecule has 0 spiro atoms. The maximum atomic E-state index is 3.71. The molecule has 1 aliphatic carbocycles. The Morgan fingerprint density at radius 2 is 2.05 bits per heavy atom. The Hall–Kier alpha value is -0.120. The van der Waals surface area contributed by atoms with Crippen LogP contribution >= 0.6 is 31.9 Å². The van der Waals surface area contributed by atoms with Crippen LogP contribution in [-0.4, -0.2) is 6.54 Å². The van der Waals surface area contributed by atoms with E-state index in [-0.39, 0.29) is 0 Å². The molecule has 104 valence electrons. The Morgan fingerprint density at radius 3 is 2.79 bits per heavy atom. The molecular formula is C16H21Br2N. The van der Waals surface area contributed by atoms with Crippen molar-refractivity contribution in [3.63, 3.8) is 0 Å². The number of halogens is 2. The van der Waals surface area contributed by atoms with Gasteiger partial charge < -0.3 is 5.32 Å². The summed E-state index contributed by atoms with van der Waals surface area (Å²) in [7, 11) is 0. The van der Waals surface area contributed by atoms with Crippen LogP contribution in [0.5, 0.6) is 0 Å². The Morgan fingerprint density at radius 1 is 1.21 bits per heavy atom. The molecule has 19 heavy (non-hydrogen) atoms. The molecular weight excluding hydrogens is 366 g/mol. The molecule has 0 saturated heterocycles. The van der Waals surface area contributed by atoms with Crippen molar-refractivity contribution in [2.45, 2.75) is 45.1 Å². The lowest BCUT2D eigenvalue weighted by Crippen LogP contribution is -2.23. The number of likely N-dealkylation sites (N-methyl/N-ethyl adjacent to an activating group) is 1. The molecule has 0 fully saturated rings. The normalized spacial score (nSPS) is 17.7. The van der Waals surface area contributed by atoms with Crippen molar-refractivity contribution >= 4 is 31.9 Å². The van der Waals surface area contributed by atoms with Gasteiger partial charge in [-0.1, -0.05) is 62.9 Å². The van der Waals surface area contributed by atoms with Crippen molar-refractivity contribution in [1.29, 1.82) is 0 Å². The highest BCUT2D eigenvalue weighted by Gasteiger charge is 2.19. The summed E-state index contributed by atoms with van der Waals surface area (Å²) in [5, 5.41) is 3.64. The molecule has 1 nitrogen and oxygen atoms in total. The van der Waals surface area contributed by atoms with E-state index in [0.29, 0.717) is 6.04 Å². The van der Waals surface area contributed by atoms with Crippen LogP contribution in [-0.2, 0) is 0 Å². The van der Waals surface area contributed by atoms with Crippen molar-refractivity contribution in [3.8, 4) is 0 Å². The standard InChI is InChI=1S/C16H21Br2N/c1-2-19-16(12-7-5-3-4-6-8-12)14-10-9-13(17)11-15(14)18/h7,9-11,16,19H,2-6,8H2,1H3. The molecule has 3 heteroatoms. The lowest BCUT2D eigenvalue weighted by atomic mass is 9.95. The van der Waals surface area contributed by atoms with E-state index >= 15 is 0 Å². The number of nitrogens with one attached hydrogen (secondary N) is 1. The molecule has 1 aromatic carbocycles. The fourth-order valence-corrected chi connectivity index (χ4v) is 3.96. The van der Waals surface area contributed by atoms with E-state index < -0.39 is 0 Å². The van der Waals surface area contributed by atoms with Gasteiger partial charge in [0.25, 0.3) is 0 Å². The van der Waals surface area contributed by atoms with E-state index in [1.54, 1.807) is 5.57 Å². The predicted molar refractivity (Wildman–Crippen MR) is 89.4 cm³/mol. The van der Waals surface area contributed by atoms with Gasteiger partial charge in [0.2, 0.25) is 0 Å². The van der Waals surface area contributed by atoms with Gasteiger partial charge >= 0.3 is 0 Å². The highest BCUT2D eigenvalue weighted by Crippen LogP contribution is 2.34. The fourth-order valence-electron chi connectivity index (χ4n) is 2.68. The van der Waals surface area contributed by atoms with Gasteiger partial charge in [0.05, 0.1) is 6.04 Å². The van der Waals surface area contributed by atoms with E-state index in [0.717, 1.165) is 11.0 Å². The molecule has 0 bridgehead atoms. The molecule has 0 heterocycles. The molecule has 1 aliphatic rings. The number of hydrogen-bond donors (Lipinski definition) is 1. The third-order valence-electron chi connectivity index (χ3n) is 3.63. The smallest absolute Gasteiger partial charge is 0.0547 e. The molecule has 0 amide bonds. The lowest BCUT2D eigenvalue weighted by molar-refractivity contribution is 0.588. The van der Waals surface area contributed by atoms with Crippen LogP contribution in [0.3, 0.4) is 0 Å². The van der Waals surface area contributed by atoms with Crippen LogP contribution in [0.25, 0.3) is 0 Å². The zero-order valence-corrected chi connectivity index (χ0v) is 14.6. The number of rotatable bonds is 4. The second-order valence-electron chi connectivity index (χ2n) is 5.03. The van der Waals surface area contributed by atoms with Crippen LogP contribution < -0.4 is 5.32 Å². The molecule has 1 unspecified atom stereocenters. The molecule has 1 aromatic rings. The average molecular weight is 387 g/mol. The van der Waals surface area contributed by atoms with Crippen molar-refractivity contribution in [2.24, 2.45) is 0 Å². The highest BCUT2D eigenvalue weighted by atomic mass is 79.9. The second-order valence-corrected chi connectivity index (χ2v) is 6.80. The van der Waals surface area contributed by atoms with Gasteiger partial charge in [0.1, 0.15) is 0 Å². The maximum Gasteiger partial charge on any atom is 0.0547 e. The minimum absolute atomic E-state index is 0.352. The van der Waals surface area contributed by atoms with Crippen LogP contribution in [0, 0.1) is 0 Å². The molecule has 1 N–H and O–H groups in total. The van der Waals surface area contributed by atoms with Gasteiger partial charge in [-0.3, -0.25) is 0 Å². The molecule has 0 saturated carbocycles. The van der Waals surface area contributed by atoms with Crippen molar-refractivity contribution in [3.05, 3.63) is 44.4 Å². The first-order valence-corrected chi connectivity index (χ1v) is 8.68. The number of allylic oxidation sites excluding steroid dienone is 1. The van der Waals surface area contributed by atoms with E-state index in [1.165, 1.54) is 42.1 Å². The largest absolute Gasteiger partial charge is 0.307 e. The Labute approximate surface area is 133 Å². The van der Waals surface area contributed by atoms with Crippen LogP contribution in [0.1, 0.15) is 50.6 Å². The fraction of sp³-hybridized carbons (Fsp3) is 0.500. The van der Waals surface area contributed by atoms with Crippen molar-refractivity contribution in [1.82, 2.24) is 5.32 Å². The first-order chi connectivity index (χ1) is 9.22. The van der Waals surface area contributed by atoms with Gasteiger partial charge in [-0.2, -0.15) is 0 Å². The average Bonchev–Trinajstić information content (AvgIpc) is 2.65. The summed E-state index contributed by atoms with van der Waals surface area (Å²) in [4.78, 5) is 0. The quantitative estimate of drug-likeness (QED) is 0.649. The van der Waals surface area contributed by atoms with Crippen molar-refractivity contribution < 1.29 is 0 Å². The molecule has 2 rings (SSSR count). The lowest BCUT2D eigenvalue weighted by Gasteiger charge is -2.23. The maximum absolute atomic E-state index is 3.71. The zero-order valence-electron chi connectivity index (χ0n) is 11.4. The summed E-state index contributed by atoms with van der Waals surface area (Å²) < 4.78 is 2.30. The van der Waals surface area contributed by atoms with Gasteiger partial charge in [0.15, 0.2) is 0 Å². The van der Waals surface area contributed by atoms with Crippen molar-refractivity contribution in [2.75, 3.05) is 6.54 Å². The minimum Gasteiger partial charge on any atom is -0.307 e. The SMILES string of the molecule is CCNC(C1=CCCCCC1)c1ccc(Br)cc1Br. The van der Waals surface area contributed by atoms with Crippen LogP contribution in [0.4, 0.5) is 0 Å². The summed E-state index contributed by atoms with van der Waals surface area (Å²) in [6.45, 7) is 3.17. The third-order valence-corrected chi connectivity index (χ3v) is 4.81. The number of hydrogen-bond acceptors (Lipinski definition) is 1. The molecule has 0 aromatic heterocycles. The van der Waals surface area contributed by atoms with Gasteiger partial charge in [-0.15, -0.1) is 0 Å². The Balaban J connectivity index is 2.30. The van der Waals surface area contributed by atoms with Gasteiger partial charge in [-0.25, -0.2) is 0 Å². The van der Waals surface area contributed by atoms with E-state index in [1.807, 2.05) is 0 Å². The van der Waals surface area contributed by atoms with E-state index in [4.69, 9.17) is 0 Å². The molecule has 0 radical (unpaired) electrons. The Kier molecular flexibility index (Phi) is 6.11. The summed E-state index contributed by atoms with van der Waals surface area (Å²) >= 11 is 7.23. The van der Waals surface area contributed by atoms with Gasteiger partial charge in [0, 0.05) is 8.95 Å². The summed E-state index contributed by atoms with van der Waals surface area (Å²) in [5.41, 5.74) is 2.90. The third kappa shape index (κ3) is 4.17. The summed E-state index contributed by atoms with van der Waals surface area (Å²) in [6.07, 6.45) is 8.92. The minimum atomic E-state index is 0.352. The monoisotopic (exact) mass is 385 g/mol.